The van der Waals surface area contributed by atoms with Crippen molar-refractivity contribution in [2.24, 2.45) is 7.05 Å². The number of hydrogen-bond donors (Lipinski definition) is 1. The molecule has 0 saturated heterocycles. The molecule has 0 fully saturated rings. The molecule has 0 saturated carbocycles. The van der Waals surface area contributed by atoms with Crippen LogP contribution in [0.1, 0.15) is 21.0 Å². The molecule has 3 aromatic rings. The van der Waals surface area contributed by atoms with Gasteiger partial charge in [0.15, 0.2) is 0 Å². The van der Waals surface area contributed by atoms with E-state index in [4.69, 9.17) is 23.2 Å². The summed E-state index contributed by atoms with van der Waals surface area (Å²) in [6.07, 6.45) is 0. The number of aromatic carboxylic acids is 1. The maximum atomic E-state index is 13.3. The molecule has 0 aliphatic carbocycles. The fourth-order valence-corrected chi connectivity index (χ4v) is 3.52. The number of amides is 1. The Morgan fingerprint density at radius 2 is 1.72 bits per heavy atom. The number of carboxylic acid groups (broad SMARTS) is 1. The normalized spacial score (nSPS) is 11.2. The van der Waals surface area contributed by atoms with E-state index in [9.17, 15) is 14.7 Å². The van der Waals surface area contributed by atoms with Crippen LogP contribution in [0.3, 0.4) is 0 Å². The number of aryl methyl sites for hydroxylation is 1. The van der Waals surface area contributed by atoms with Gasteiger partial charge in [0.05, 0.1) is 16.7 Å². The first-order valence-electron chi connectivity index (χ1n) is 8.94. The van der Waals surface area contributed by atoms with Gasteiger partial charge in [-0.25, -0.2) is 19.8 Å². The summed E-state index contributed by atoms with van der Waals surface area (Å²) in [7, 11) is 1.64. The Kier molecular flexibility index (Phi) is 6.74. The highest BCUT2D eigenvalue weighted by Gasteiger charge is 2.25. The lowest BCUT2D eigenvalue weighted by Gasteiger charge is -2.34. The lowest BCUT2D eigenvalue weighted by atomic mass is 10.2. The predicted molar refractivity (Wildman–Crippen MR) is 114 cm³/mol. The number of carbonyl (C=O) groups excluding carboxylic acids is 1. The van der Waals surface area contributed by atoms with Gasteiger partial charge < -0.3 is 9.67 Å². The maximum absolute atomic E-state index is 13.3. The number of aromatic nitrogens is 2. The van der Waals surface area contributed by atoms with E-state index in [0.29, 0.717) is 47.1 Å². The van der Waals surface area contributed by atoms with Gasteiger partial charge in [-0.15, -0.1) is 23.2 Å². The molecule has 0 unspecified atom stereocenters. The summed E-state index contributed by atoms with van der Waals surface area (Å²) < 4.78 is 1.50. The second-order valence-electron chi connectivity index (χ2n) is 6.29. The Morgan fingerprint density at radius 3 is 2.31 bits per heavy atom. The van der Waals surface area contributed by atoms with Crippen LogP contribution in [0, 0.1) is 0 Å². The zero-order valence-corrected chi connectivity index (χ0v) is 17.3. The van der Waals surface area contributed by atoms with Gasteiger partial charge in [-0.2, -0.15) is 0 Å². The number of halogens is 2. The fourth-order valence-electron chi connectivity index (χ4n) is 3.13. The largest absolute Gasteiger partial charge is 0.475 e. The van der Waals surface area contributed by atoms with Crippen molar-refractivity contribution in [1.29, 1.82) is 0 Å². The Bertz CT molecular complexity index is 1020. The highest BCUT2D eigenvalue weighted by Crippen LogP contribution is 2.25. The van der Waals surface area contributed by atoms with E-state index in [1.165, 1.54) is 9.58 Å². The Balaban J connectivity index is 2.11. The number of nitrogens with zero attached hydrogens (tertiary/aromatic N) is 4. The molecule has 29 heavy (non-hydrogen) atoms. The topological polar surface area (TPSA) is 78.7 Å². The minimum absolute atomic E-state index is 0.0727. The van der Waals surface area contributed by atoms with Crippen LogP contribution in [-0.4, -0.2) is 56.4 Å². The first kappa shape index (κ1) is 21.1. The van der Waals surface area contributed by atoms with Gasteiger partial charge in [0.2, 0.25) is 5.82 Å². The van der Waals surface area contributed by atoms with E-state index in [1.807, 2.05) is 6.07 Å². The van der Waals surface area contributed by atoms with Crippen molar-refractivity contribution >= 4 is 51.8 Å². The van der Waals surface area contributed by atoms with Gasteiger partial charge >= 0.3 is 5.97 Å². The molecular weight excluding hydrogens is 415 g/mol. The Labute approximate surface area is 178 Å². The van der Waals surface area contributed by atoms with Crippen LogP contribution < -0.4 is 5.01 Å². The van der Waals surface area contributed by atoms with Crippen molar-refractivity contribution in [3.63, 3.8) is 0 Å². The number of alkyl halides is 2. The molecule has 2 aromatic carbocycles. The molecule has 152 valence electrons. The third kappa shape index (κ3) is 4.37. The number of benzene rings is 2. The average Bonchev–Trinajstić information content (AvgIpc) is 3.05. The molecule has 0 bridgehead atoms. The van der Waals surface area contributed by atoms with Gasteiger partial charge in [-0.3, -0.25) is 4.79 Å². The Hall–Kier alpha value is -2.61. The predicted octanol–water partition coefficient (Wildman–Crippen LogP) is 3.61. The van der Waals surface area contributed by atoms with Crippen molar-refractivity contribution in [1.82, 2.24) is 14.6 Å². The molecule has 1 amide bonds. The first-order valence-corrected chi connectivity index (χ1v) is 10.0. The minimum atomic E-state index is -1.12. The van der Waals surface area contributed by atoms with Crippen LogP contribution >= 0.6 is 23.2 Å². The van der Waals surface area contributed by atoms with Crippen molar-refractivity contribution in [3.8, 4) is 0 Å². The molecule has 0 radical (unpaired) electrons. The van der Waals surface area contributed by atoms with Gasteiger partial charge in [0.25, 0.3) is 5.91 Å². The Morgan fingerprint density at radius 1 is 1.07 bits per heavy atom. The van der Waals surface area contributed by atoms with Crippen molar-refractivity contribution < 1.29 is 14.7 Å². The number of imidazole rings is 1. The zero-order valence-electron chi connectivity index (χ0n) is 15.8. The molecule has 0 atom stereocenters. The third-order valence-electron chi connectivity index (χ3n) is 4.48. The molecule has 1 aromatic heterocycles. The van der Waals surface area contributed by atoms with Gasteiger partial charge in [0, 0.05) is 37.5 Å². The summed E-state index contributed by atoms with van der Waals surface area (Å²) >= 11 is 11.9. The molecular formula is C20H20Cl2N4O3. The van der Waals surface area contributed by atoms with E-state index < -0.39 is 5.97 Å². The lowest BCUT2D eigenvalue weighted by molar-refractivity contribution is 0.0680. The lowest BCUT2D eigenvalue weighted by Crippen LogP contribution is -2.48. The molecule has 0 aliphatic heterocycles. The summed E-state index contributed by atoms with van der Waals surface area (Å²) in [5.41, 5.74) is 2.19. The molecule has 9 heteroatoms. The van der Waals surface area contributed by atoms with Crippen molar-refractivity contribution in [2.45, 2.75) is 0 Å². The van der Waals surface area contributed by atoms with E-state index in [-0.39, 0.29) is 11.7 Å². The first-order chi connectivity index (χ1) is 14.0. The van der Waals surface area contributed by atoms with Gasteiger partial charge in [-0.05, 0) is 30.3 Å². The quantitative estimate of drug-likeness (QED) is 0.432. The molecule has 0 spiro atoms. The van der Waals surface area contributed by atoms with E-state index in [1.54, 1.807) is 54.5 Å². The van der Waals surface area contributed by atoms with Crippen LogP contribution in [0.15, 0.2) is 48.5 Å². The van der Waals surface area contributed by atoms with Gasteiger partial charge in [-0.1, -0.05) is 18.2 Å². The van der Waals surface area contributed by atoms with Crippen LogP contribution in [0.4, 0.5) is 5.69 Å². The standard InChI is InChI=1S/C20H20Cl2N4O3/c1-24-17-8-7-15(13-16(17)23-18(24)20(28)29)26(25(11-9-21)12-10-22)19(27)14-5-3-2-4-6-14/h2-8,13H,9-12H2,1H3,(H,28,29). The smallest absolute Gasteiger partial charge is 0.372 e. The SMILES string of the molecule is Cn1c(C(=O)O)nc2cc(N(C(=O)c3ccccc3)N(CCCl)CCCl)ccc21. The number of hydrazine groups is 1. The highest BCUT2D eigenvalue weighted by atomic mass is 35.5. The maximum Gasteiger partial charge on any atom is 0.372 e. The monoisotopic (exact) mass is 434 g/mol. The zero-order chi connectivity index (χ0) is 21.0. The second kappa shape index (κ2) is 9.26. The van der Waals surface area contributed by atoms with Crippen LogP contribution in [0.25, 0.3) is 11.0 Å². The number of carboxylic acids is 1. The second-order valence-corrected chi connectivity index (χ2v) is 7.04. The van der Waals surface area contributed by atoms with Crippen molar-refractivity contribution in [3.05, 3.63) is 59.9 Å². The number of anilines is 1. The highest BCUT2D eigenvalue weighted by molar-refractivity contribution is 6.18. The molecule has 3 rings (SSSR count). The van der Waals surface area contributed by atoms with Crippen LogP contribution in [0.2, 0.25) is 0 Å². The summed E-state index contributed by atoms with van der Waals surface area (Å²) in [6, 6.07) is 14.1. The van der Waals surface area contributed by atoms with Crippen LogP contribution in [-0.2, 0) is 7.05 Å². The number of hydrogen-bond acceptors (Lipinski definition) is 4. The molecule has 1 heterocycles. The summed E-state index contributed by atoms with van der Waals surface area (Å²) in [4.78, 5) is 28.9. The van der Waals surface area contributed by atoms with E-state index in [0.717, 1.165) is 0 Å². The fraction of sp³-hybridized carbons (Fsp3) is 0.250. The van der Waals surface area contributed by atoms with E-state index >= 15 is 0 Å². The molecule has 7 nitrogen and oxygen atoms in total. The average molecular weight is 435 g/mol. The van der Waals surface area contributed by atoms with E-state index in [2.05, 4.69) is 4.98 Å². The number of rotatable bonds is 8. The summed E-state index contributed by atoms with van der Waals surface area (Å²) in [5, 5.41) is 12.6. The van der Waals surface area contributed by atoms with Gasteiger partial charge in [0.1, 0.15) is 0 Å². The third-order valence-corrected chi connectivity index (χ3v) is 4.82. The van der Waals surface area contributed by atoms with Crippen molar-refractivity contribution in [2.75, 3.05) is 29.9 Å². The summed E-state index contributed by atoms with van der Waals surface area (Å²) in [6.45, 7) is 0.820. The molecule has 1 N–H and O–H groups in total. The number of fused-ring (bicyclic) bond motifs is 1. The number of carbonyl (C=O) groups is 2. The van der Waals surface area contributed by atoms with Crippen LogP contribution in [0.5, 0.6) is 0 Å². The summed E-state index contributed by atoms with van der Waals surface area (Å²) in [5.74, 6) is -0.811. The molecule has 0 aliphatic rings. The minimum Gasteiger partial charge on any atom is -0.475 e.